The highest BCUT2D eigenvalue weighted by atomic mass is 35.5. The molecule has 6 nitrogen and oxygen atoms in total. The van der Waals surface area contributed by atoms with Crippen LogP contribution in [0.5, 0.6) is 0 Å². The smallest absolute Gasteiger partial charge is 0.253 e. The predicted octanol–water partition coefficient (Wildman–Crippen LogP) is 1.08. The van der Waals surface area contributed by atoms with Gasteiger partial charge < -0.3 is 11.5 Å². The first-order chi connectivity index (χ1) is 9.47. The molecule has 1 aromatic heterocycles. The molecular weight excluding hydrogens is 278 g/mol. The molecule has 0 fully saturated rings. The summed E-state index contributed by atoms with van der Waals surface area (Å²) in [6, 6.07) is 5.42. The van der Waals surface area contributed by atoms with Crippen molar-refractivity contribution in [1.29, 1.82) is 0 Å². The number of carbonyl (C=O) groups is 1. The summed E-state index contributed by atoms with van der Waals surface area (Å²) in [4.78, 5) is 15.2. The number of halogens is 1. The molecule has 0 aliphatic carbocycles. The Morgan fingerprint density at radius 3 is 2.80 bits per heavy atom. The van der Waals surface area contributed by atoms with Gasteiger partial charge in [-0.3, -0.25) is 9.48 Å². The van der Waals surface area contributed by atoms with E-state index in [1.54, 1.807) is 16.9 Å². The lowest BCUT2D eigenvalue weighted by molar-refractivity contribution is -0.117. The van der Waals surface area contributed by atoms with Crippen LogP contribution in [-0.4, -0.2) is 21.6 Å². The van der Waals surface area contributed by atoms with Gasteiger partial charge in [0.25, 0.3) is 5.91 Å². The van der Waals surface area contributed by atoms with E-state index in [2.05, 4.69) is 10.1 Å². The molecule has 0 unspecified atom stereocenters. The molecule has 20 heavy (non-hydrogen) atoms. The standard InChI is InChI=1S/C13H14ClN5O/c1-19-7-8(6-17-19)9-3-2-4-11(14)10(9)5-12(20)18-13(15)16/h2-4,6-7H,5H2,1H3,(H4,15,16,18,20). The Balaban J connectivity index is 2.42. The number of carbonyl (C=O) groups excluding carboxylic acids is 1. The van der Waals surface area contributed by atoms with Crippen molar-refractivity contribution in [3.05, 3.63) is 41.2 Å². The summed E-state index contributed by atoms with van der Waals surface area (Å²) in [5.41, 5.74) is 12.8. The van der Waals surface area contributed by atoms with E-state index in [0.717, 1.165) is 11.1 Å². The number of nitrogens with two attached hydrogens (primary N) is 2. The van der Waals surface area contributed by atoms with Crippen molar-refractivity contribution in [2.24, 2.45) is 23.5 Å². The number of hydrogen-bond donors (Lipinski definition) is 2. The molecule has 0 saturated heterocycles. The van der Waals surface area contributed by atoms with E-state index in [9.17, 15) is 4.79 Å². The number of nitrogens with zero attached hydrogens (tertiary/aromatic N) is 3. The third-order valence-electron chi connectivity index (χ3n) is 2.72. The quantitative estimate of drug-likeness (QED) is 0.653. The molecule has 2 aromatic rings. The number of aryl methyl sites for hydroxylation is 1. The van der Waals surface area contributed by atoms with Crippen molar-refractivity contribution in [3.63, 3.8) is 0 Å². The van der Waals surface area contributed by atoms with Crippen LogP contribution in [0.1, 0.15) is 5.56 Å². The van der Waals surface area contributed by atoms with Gasteiger partial charge in [0, 0.05) is 23.8 Å². The minimum absolute atomic E-state index is 0.0296. The fourth-order valence-corrected chi connectivity index (χ4v) is 2.15. The van der Waals surface area contributed by atoms with Crippen molar-refractivity contribution in [2.45, 2.75) is 6.42 Å². The Labute approximate surface area is 121 Å². The molecule has 0 radical (unpaired) electrons. The van der Waals surface area contributed by atoms with E-state index in [-0.39, 0.29) is 12.4 Å². The number of aliphatic imine (C=N–C) groups is 1. The monoisotopic (exact) mass is 291 g/mol. The topological polar surface area (TPSA) is 99.3 Å². The summed E-state index contributed by atoms with van der Waals surface area (Å²) in [7, 11) is 1.82. The summed E-state index contributed by atoms with van der Waals surface area (Å²) in [5, 5.41) is 4.60. The zero-order valence-electron chi connectivity index (χ0n) is 10.9. The van der Waals surface area contributed by atoms with Crippen LogP contribution < -0.4 is 11.5 Å². The summed E-state index contributed by atoms with van der Waals surface area (Å²) < 4.78 is 1.68. The number of guanidine groups is 1. The van der Waals surface area contributed by atoms with Crippen LogP contribution in [0.2, 0.25) is 5.02 Å². The lowest BCUT2D eigenvalue weighted by Crippen LogP contribution is -2.24. The van der Waals surface area contributed by atoms with E-state index in [4.69, 9.17) is 23.1 Å². The van der Waals surface area contributed by atoms with E-state index >= 15 is 0 Å². The summed E-state index contributed by atoms with van der Waals surface area (Å²) in [6.07, 6.45) is 3.59. The first-order valence-corrected chi connectivity index (χ1v) is 6.24. The second-order valence-corrected chi connectivity index (χ2v) is 4.68. The fraction of sp³-hybridized carbons (Fsp3) is 0.154. The Bertz CT molecular complexity index is 673. The number of amides is 1. The van der Waals surface area contributed by atoms with Crippen molar-refractivity contribution >= 4 is 23.5 Å². The number of hydrogen-bond acceptors (Lipinski definition) is 2. The van der Waals surface area contributed by atoms with Gasteiger partial charge >= 0.3 is 0 Å². The van der Waals surface area contributed by atoms with Crippen molar-refractivity contribution < 1.29 is 4.79 Å². The predicted molar refractivity (Wildman–Crippen MR) is 78.2 cm³/mol. The Hall–Kier alpha value is -2.34. The maximum atomic E-state index is 11.7. The molecular formula is C13H14ClN5O. The molecule has 0 spiro atoms. The fourth-order valence-electron chi connectivity index (χ4n) is 1.90. The van der Waals surface area contributed by atoms with Gasteiger partial charge in [0.05, 0.1) is 12.6 Å². The molecule has 4 N–H and O–H groups in total. The molecule has 0 aliphatic rings. The lowest BCUT2D eigenvalue weighted by Gasteiger charge is -2.08. The second-order valence-electron chi connectivity index (χ2n) is 4.28. The Kier molecular flexibility index (Phi) is 4.05. The molecule has 104 valence electrons. The summed E-state index contributed by atoms with van der Waals surface area (Å²) in [5.74, 6) is -0.701. The highest BCUT2D eigenvalue weighted by molar-refractivity contribution is 6.32. The molecule has 0 aliphatic heterocycles. The first-order valence-electron chi connectivity index (χ1n) is 5.86. The van der Waals surface area contributed by atoms with Gasteiger partial charge in [0.15, 0.2) is 5.96 Å². The number of rotatable bonds is 3. The molecule has 0 bridgehead atoms. The molecule has 7 heteroatoms. The highest BCUT2D eigenvalue weighted by Gasteiger charge is 2.14. The second kappa shape index (κ2) is 5.75. The van der Waals surface area contributed by atoms with Gasteiger partial charge in [0.1, 0.15) is 0 Å². The normalized spacial score (nSPS) is 10.3. The van der Waals surface area contributed by atoms with Gasteiger partial charge in [-0.2, -0.15) is 10.1 Å². The van der Waals surface area contributed by atoms with Gasteiger partial charge in [-0.1, -0.05) is 23.7 Å². The zero-order valence-corrected chi connectivity index (χ0v) is 11.6. The van der Waals surface area contributed by atoms with E-state index < -0.39 is 5.91 Å². The molecule has 1 heterocycles. The van der Waals surface area contributed by atoms with E-state index in [0.29, 0.717) is 10.6 Å². The van der Waals surface area contributed by atoms with Gasteiger partial charge in [-0.15, -0.1) is 0 Å². The van der Waals surface area contributed by atoms with Crippen LogP contribution in [0.3, 0.4) is 0 Å². The number of aromatic nitrogens is 2. The van der Waals surface area contributed by atoms with Crippen molar-refractivity contribution in [2.75, 3.05) is 0 Å². The van der Waals surface area contributed by atoms with Crippen LogP contribution in [0.25, 0.3) is 11.1 Å². The Morgan fingerprint density at radius 2 is 2.20 bits per heavy atom. The number of benzene rings is 1. The minimum Gasteiger partial charge on any atom is -0.370 e. The molecule has 1 amide bonds. The maximum Gasteiger partial charge on any atom is 0.253 e. The highest BCUT2D eigenvalue weighted by Crippen LogP contribution is 2.29. The van der Waals surface area contributed by atoms with Gasteiger partial charge in [-0.25, -0.2) is 0 Å². The van der Waals surface area contributed by atoms with Gasteiger partial charge in [0.2, 0.25) is 0 Å². The minimum atomic E-state index is -0.441. The maximum absolute atomic E-state index is 11.7. The van der Waals surface area contributed by atoms with Crippen LogP contribution in [0.15, 0.2) is 35.6 Å². The molecule has 2 rings (SSSR count). The molecule has 0 atom stereocenters. The largest absolute Gasteiger partial charge is 0.370 e. The van der Waals surface area contributed by atoms with Crippen molar-refractivity contribution in [1.82, 2.24) is 9.78 Å². The van der Waals surface area contributed by atoms with E-state index in [1.165, 1.54) is 0 Å². The third kappa shape index (κ3) is 3.16. The zero-order chi connectivity index (χ0) is 14.7. The van der Waals surface area contributed by atoms with E-state index in [1.807, 2.05) is 25.4 Å². The first kappa shape index (κ1) is 14.1. The van der Waals surface area contributed by atoms with Crippen molar-refractivity contribution in [3.8, 4) is 11.1 Å². The SMILES string of the molecule is Cn1cc(-c2cccc(Cl)c2CC(=O)N=C(N)N)cn1. The average molecular weight is 292 g/mol. The lowest BCUT2D eigenvalue weighted by atomic mass is 10.00. The Morgan fingerprint density at radius 1 is 1.45 bits per heavy atom. The average Bonchev–Trinajstić information content (AvgIpc) is 2.77. The van der Waals surface area contributed by atoms with Crippen LogP contribution in [-0.2, 0) is 18.3 Å². The van der Waals surface area contributed by atoms with Crippen LogP contribution in [0.4, 0.5) is 0 Å². The van der Waals surface area contributed by atoms with Gasteiger partial charge in [-0.05, 0) is 17.2 Å². The van der Waals surface area contributed by atoms with Crippen LogP contribution >= 0.6 is 11.6 Å². The summed E-state index contributed by atoms with van der Waals surface area (Å²) in [6.45, 7) is 0. The molecule has 0 saturated carbocycles. The summed E-state index contributed by atoms with van der Waals surface area (Å²) >= 11 is 6.18. The third-order valence-corrected chi connectivity index (χ3v) is 3.07. The van der Waals surface area contributed by atoms with Crippen LogP contribution in [0, 0.1) is 0 Å². The molecule has 1 aromatic carbocycles.